The predicted molar refractivity (Wildman–Crippen MR) is 88.2 cm³/mol. The Labute approximate surface area is 130 Å². The summed E-state index contributed by atoms with van der Waals surface area (Å²) >= 11 is 3.54. The minimum absolute atomic E-state index is 0.533. The molecule has 0 radical (unpaired) electrons. The fourth-order valence-electron chi connectivity index (χ4n) is 2.62. The number of aromatic nitrogens is 2. The standard InChI is InChI=1S/C15H25BrN4/c1-3-9-17-15-18-10-13(16)14(20-15)19-12-6-4-5-11(2)7-8-12/h10-12H,3-9H2,1-2H3,(H2,17,18,19,20). The molecule has 1 aromatic rings. The molecule has 5 heteroatoms. The Morgan fingerprint density at radius 3 is 2.95 bits per heavy atom. The quantitative estimate of drug-likeness (QED) is 0.778. The third-order valence-corrected chi connectivity index (χ3v) is 4.46. The first-order valence-electron chi connectivity index (χ1n) is 7.72. The molecule has 0 aromatic carbocycles. The summed E-state index contributed by atoms with van der Waals surface area (Å²) in [7, 11) is 0. The molecule has 0 aliphatic heterocycles. The lowest BCUT2D eigenvalue weighted by atomic mass is 10.0. The largest absolute Gasteiger partial charge is 0.366 e. The van der Waals surface area contributed by atoms with Gasteiger partial charge in [-0.05, 0) is 47.5 Å². The minimum atomic E-state index is 0.533. The van der Waals surface area contributed by atoms with Crippen LogP contribution in [0.4, 0.5) is 11.8 Å². The molecule has 0 spiro atoms. The molecule has 2 atom stereocenters. The average molecular weight is 341 g/mol. The Hall–Kier alpha value is -0.840. The Balaban J connectivity index is 2.00. The molecule has 1 fully saturated rings. The van der Waals surface area contributed by atoms with Crippen molar-refractivity contribution in [1.82, 2.24) is 9.97 Å². The molecule has 0 amide bonds. The van der Waals surface area contributed by atoms with Crippen LogP contribution >= 0.6 is 15.9 Å². The second kappa shape index (κ2) is 7.81. The van der Waals surface area contributed by atoms with Gasteiger partial charge in [0.1, 0.15) is 5.82 Å². The molecule has 2 rings (SSSR count). The van der Waals surface area contributed by atoms with E-state index in [1.54, 1.807) is 0 Å². The summed E-state index contributed by atoms with van der Waals surface area (Å²) in [5, 5.41) is 6.82. The maximum Gasteiger partial charge on any atom is 0.224 e. The topological polar surface area (TPSA) is 49.8 Å². The van der Waals surface area contributed by atoms with Crippen molar-refractivity contribution in [2.45, 2.75) is 58.4 Å². The predicted octanol–water partition coefficient (Wildman–Crippen LogP) is 4.44. The number of nitrogens with one attached hydrogen (secondary N) is 2. The van der Waals surface area contributed by atoms with Gasteiger partial charge in [0.15, 0.2) is 0 Å². The second-order valence-electron chi connectivity index (χ2n) is 5.77. The van der Waals surface area contributed by atoms with Crippen molar-refractivity contribution < 1.29 is 0 Å². The van der Waals surface area contributed by atoms with Crippen LogP contribution in [0.1, 0.15) is 52.4 Å². The van der Waals surface area contributed by atoms with E-state index in [1.807, 2.05) is 6.20 Å². The minimum Gasteiger partial charge on any atom is -0.366 e. The zero-order valence-electron chi connectivity index (χ0n) is 12.5. The van der Waals surface area contributed by atoms with E-state index in [0.717, 1.165) is 29.2 Å². The molecule has 1 saturated carbocycles. The van der Waals surface area contributed by atoms with Crippen molar-refractivity contribution >= 4 is 27.7 Å². The Morgan fingerprint density at radius 1 is 1.30 bits per heavy atom. The van der Waals surface area contributed by atoms with Gasteiger partial charge >= 0.3 is 0 Å². The molecule has 112 valence electrons. The number of hydrogen-bond donors (Lipinski definition) is 2. The van der Waals surface area contributed by atoms with Crippen molar-refractivity contribution in [3.05, 3.63) is 10.7 Å². The lowest BCUT2D eigenvalue weighted by Crippen LogP contribution is -2.20. The van der Waals surface area contributed by atoms with Gasteiger partial charge < -0.3 is 10.6 Å². The van der Waals surface area contributed by atoms with E-state index in [-0.39, 0.29) is 0 Å². The van der Waals surface area contributed by atoms with Crippen molar-refractivity contribution in [3.8, 4) is 0 Å². The van der Waals surface area contributed by atoms with Crippen LogP contribution in [-0.2, 0) is 0 Å². The smallest absolute Gasteiger partial charge is 0.224 e. The Morgan fingerprint density at radius 2 is 2.15 bits per heavy atom. The Bertz CT molecular complexity index is 424. The van der Waals surface area contributed by atoms with Gasteiger partial charge in [-0.15, -0.1) is 0 Å². The monoisotopic (exact) mass is 340 g/mol. The zero-order valence-corrected chi connectivity index (χ0v) is 14.0. The van der Waals surface area contributed by atoms with Gasteiger partial charge in [-0.3, -0.25) is 0 Å². The number of hydrogen-bond acceptors (Lipinski definition) is 4. The first kappa shape index (κ1) is 15.5. The SMILES string of the molecule is CCCNc1ncc(Br)c(NC2CCCC(C)CC2)n1. The van der Waals surface area contributed by atoms with Crippen LogP contribution in [0.5, 0.6) is 0 Å². The molecule has 0 bridgehead atoms. The van der Waals surface area contributed by atoms with E-state index in [0.29, 0.717) is 12.0 Å². The number of halogens is 1. The fraction of sp³-hybridized carbons (Fsp3) is 0.733. The highest BCUT2D eigenvalue weighted by atomic mass is 79.9. The normalized spacial score (nSPS) is 23.1. The van der Waals surface area contributed by atoms with E-state index < -0.39 is 0 Å². The van der Waals surface area contributed by atoms with Gasteiger partial charge in [0.2, 0.25) is 5.95 Å². The van der Waals surface area contributed by atoms with Gasteiger partial charge in [0.25, 0.3) is 0 Å². The summed E-state index contributed by atoms with van der Waals surface area (Å²) in [4.78, 5) is 8.86. The summed E-state index contributed by atoms with van der Waals surface area (Å²) < 4.78 is 0.942. The highest BCUT2D eigenvalue weighted by Crippen LogP contribution is 2.27. The molecule has 2 N–H and O–H groups in total. The molecule has 1 heterocycles. The molecule has 1 aliphatic rings. The summed E-state index contributed by atoms with van der Waals surface area (Å²) in [5.74, 6) is 2.48. The van der Waals surface area contributed by atoms with Gasteiger partial charge in [-0.25, -0.2) is 4.98 Å². The number of nitrogens with zero attached hydrogens (tertiary/aromatic N) is 2. The van der Waals surface area contributed by atoms with Crippen LogP contribution in [-0.4, -0.2) is 22.6 Å². The molecule has 1 aliphatic carbocycles. The van der Waals surface area contributed by atoms with Gasteiger partial charge in [-0.1, -0.05) is 26.7 Å². The maximum absolute atomic E-state index is 4.57. The van der Waals surface area contributed by atoms with Gasteiger partial charge in [-0.2, -0.15) is 4.98 Å². The van der Waals surface area contributed by atoms with E-state index in [2.05, 4.69) is 50.4 Å². The zero-order chi connectivity index (χ0) is 14.4. The second-order valence-corrected chi connectivity index (χ2v) is 6.63. The number of anilines is 2. The van der Waals surface area contributed by atoms with Gasteiger partial charge in [0.05, 0.1) is 4.47 Å². The molecule has 2 unspecified atom stereocenters. The lowest BCUT2D eigenvalue weighted by molar-refractivity contribution is 0.502. The maximum atomic E-state index is 4.57. The van der Waals surface area contributed by atoms with Crippen molar-refractivity contribution in [1.29, 1.82) is 0 Å². The van der Waals surface area contributed by atoms with Crippen molar-refractivity contribution in [2.75, 3.05) is 17.2 Å². The van der Waals surface area contributed by atoms with Crippen LogP contribution < -0.4 is 10.6 Å². The summed E-state index contributed by atoms with van der Waals surface area (Å²) in [6.07, 6.45) is 9.33. The fourth-order valence-corrected chi connectivity index (χ4v) is 2.92. The third kappa shape index (κ3) is 4.62. The van der Waals surface area contributed by atoms with Crippen LogP contribution in [0.25, 0.3) is 0 Å². The summed E-state index contributed by atoms with van der Waals surface area (Å²) in [6.45, 7) is 5.40. The molecular formula is C15H25BrN4. The van der Waals surface area contributed by atoms with Crippen LogP contribution in [0, 0.1) is 5.92 Å². The van der Waals surface area contributed by atoms with Crippen LogP contribution in [0.2, 0.25) is 0 Å². The van der Waals surface area contributed by atoms with Crippen molar-refractivity contribution in [3.63, 3.8) is 0 Å². The first-order chi connectivity index (χ1) is 9.69. The molecular weight excluding hydrogens is 316 g/mol. The molecule has 20 heavy (non-hydrogen) atoms. The van der Waals surface area contributed by atoms with E-state index in [4.69, 9.17) is 0 Å². The van der Waals surface area contributed by atoms with E-state index in [1.165, 1.54) is 32.1 Å². The first-order valence-corrected chi connectivity index (χ1v) is 8.51. The molecule has 1 aromatic heterocycles. The summed E-state index contributed by atoms with van der Waals surface area (Å²) in [5.41, 5.74) is 0. The molecule has 4 nitrogen and oxygen atoms in total. The van der Waals surface area contributed by atoms with Gasteiger partial charge in [0, 0.05) is 18.8 Å². The van der Waals surface area contributed by atoms with E-state index in [9.17, 15) is 0 Å². The number of rotatable bonds is 5. The van der Waals surface area contributed by atoms with Crippen molar-refractivity contribution in [2.24, 2.45) is 5.92 Å². The van der Waals surface area contributed by atoms with E-state index >= 15 is 0 Å². The van der Waals surface area contributed by atoms with Crippen LogP contribution in [0.15, 0.2) is 10.7 Å². The molecule has 0 saturated heterocycles. The lowest BCUT2D eigenvalue weighted by Gasteiger charge is -2.18. The average Bonchev–Trinajstić information content (AvgIpc) is 2.64. The highest BCUT2D eigenvalue weighted by molar-refractivity contribution is 9.10. The van der Waals surface area contributed by atoms with Crippen LogP contribution in [0.3, 0.4) is 0 Å². The summed E-state index contributed by atoms with van der Waals surface area (Å²) in [6, 6.07) is 0.533. The third-order valence-electron chi connectivity index (χ3n) is 3.88. The Kier molecular flexibility index (Phi) is 6.07. The highest BCUT2D eigenvalue weighted by Gasteiger charge is 2.17.